The van der Waals surface area contributed by atoms with Gasteiger partial charge in [0.1, 0.15) is 5.65 Å². The molecule has 0 bridgehead atoms. The van der Waals surface area contributed by atoms with Crippen LogP contribution in [0.25, 0.3) is 11.0 Å². The first-order valence-electron chi connectivity index (χ1n) is 4.68. The summed E-state index contributed by atoms with van der Waals surface area (Å²) in [4.78, 5) is 7.55. The summed E-state index contributed by atoms with van der Waals surface area (Å²) in [6.45, 7) is 2.11. The molecule has 0 aromatic carbocycles. The van der Waals surface area contributed by atoms with Crippen LogP contribution in [0, 0.1) is 0 Å². The normalized spacial score (nSPS) is 17.2. The summed E-state index contributed by atoms with van der Waals surface area (Å²) in [7, 11) is 0. The Kier molecular flexibility index (Phi) is 1.75. The van der Waals surface area contributed by atoms with Crippen LogP contribution in [0.2, 0.25) is 5.02 Å². The zero-order valence-corrected chi connectivity index (χ0v) is 8.30. The SMILES string of the molecule is Clc1cnc2[nH]c(C3CNC3)cc2c1. The molecule has 0 saturated carbocycles. The van der Waals surface area contributed by atoms with Crippen molar-refractivity contribution in [2.45, 2.75) is 5.92 Å². The van der Waals surface area contributed by atoms with E-state index in [0.29, 0.717) is 10.9 Å². The van der Waals surface area contributed by atoms with Crippen LogP contribution in [0.4, 0.5) is 0 Å². The Bertz CT molecular complexity index is 473. The molecule has 14 heavy (non-hydrogen) atoms. The number of nitrogens with zero attached hydrogens (tertiary/aromatic N) is 1. The molecule has 0 spiro atoms. The third-order valence-electron chi connectivity index (χ3n) is 2.68. The Labute approximate surface area is 86.5 Å². The van der Waals surface area contributed by atoms with E-state index in [-0.39, 0.29) is 0 Å². The van der Waals surface area contributed by atoms with Crippen molar-refractivity contribution in [1.82, 2.24) is 15.3 Å². The fourth-order valence-electron chi connectivity index (χ4n) is 1.74. The highest BCUT2D eigenvalue weighted by molar-refractivity contribution is 6.31. The molecular weight excluding hydrogens is 198 g/mol. The second kappa shape index (κ2) is 2.97. The lowest BCUT2D eigenvalue weighted by molar-refractivity contribution is 0.442. The van der Waals surface area contributed by atoms with Gasteiger partial charge in [-0.2, -0.15) is 0 Å². The van der Waals surface area contributed by atoms with Crippen LogP contribution in [0.5, 0.6) is 0 Å². The molecule has 1 aliphatic heterocycles. The van der Waals surface area contributed by atoms with Crippen molar-refractivity contribution < 1.29 is 0 Å². The molecule has 0 unspecified atom stereocenters. The Morgan fingerprint density at radius 3 is 2.93 bits per heavy atom. The maximum absolute atomic E-state index is 5.87. The molecule has 0 amide bonds. The molecular formula is C10H10ClN3. The molecule has 3 heterocycles. The number of rotatable bonds is 1. The van der Waals surface area contributed by atoms with Gasteiger partial charge >= 0.3 is 0 Å². The van der Waals surface area contributed by atoms with Gasteiger partial charge < -0.3 is 10.3 Å². The lowest BCUT2D eigenvalue weighted by atomic mass is 10.00. The van der Waals surface area contributed by atoms with Gasteiger partial charge in [-0.1, -0.05) is 11.6 Å². The van der Waals surface area contributed by atoms with Gasteiger partial charge in [-0.15, -0.1) is 0 Å². The van der Waals surface area contributed by atoms with E-state index in [1.54, 1.807) is 6.20 Å². The topological polar surface area (TPSA) is 40.7 Å². The van der Waals surface area contributed by atoms with E-state index < -0.39 is 0 Å². The quantitative estimate of drug-likeness (QED) is 0.750. The van der Waals surface area contributed by atoms with Crippen molar-refractivity contribution in [3.05, 3.63) is 29.0 Å². The van der Waals surface area contributed by atoms with Crippen molar-refractivity contribution in [2.24, 2.45) is 0 Å². The molecule has 0 radical (unpaired) electrons. The van der Waals surface area contributed by atoms with Crippen molar-refractivity contribution in [1.29, 1.82) is 0 Å². The maximum atomic E-state index is 5.87. The number of H-pyrrole nitrogens is 1. The van der Waals surface area contributed by atoms with Gasteiger partial charge in [0.05, 0.1) is 5.02 Å². The fraction of sp³-hybridized carbons (Fsp3) is 0.300. The number of pyridine rings is 1. The molecule has 4 heteroatoms. The molecule has 1 aliphatic rings. The van der Waals surface area contributed by atoms with Gasteiger partial charge in [0.2, 0.25) is 0 Å². The maximum Gasteiger partial charge on any atom is 0.137 e. The third kappa shape index (κ3) is 1.21. The Morgan fingerprint density at radius 2 is 2.21 bits per heavy atom. The predicted octanol–water partition coefficient (Wildman–Crippen LogP) is 1.90. The van der Waals surface area contributed by atoms with E-state index in [1.807, 2.05) is 6.07 Å². The van der Waals surface area contributed by atoms with Crippen molar-refractivity contribution in [2.75, 3.05) is 13.1 Å². The number of hydrogen-bond acceptors (Lipinski definition) is 2. The van der Waals surface area contributed by atoms with Gasteiger partial charge in [0, 0.05) is 36.3 Å². The number of hydrogen-bond donors (Lipinski definition) is 2. The van der Waals surface area contributed by atoms with E-state index >= 15 is 0 Å². The average Bonchev–Trinajstić information content (AvgIpc) is 2.43. The molecule has 2 aromatic rings. The monoisotopic (exact) mass is 207 g/mol. The van der Waals surface area contributed by atoms with E-state index in [4.69, 9.17) is 11.6 Å². The molecule has 2 aromatic heterocycles. The van der Waals surface area contributed by atoms with Crippen molar-refractivity contribution >= 4 is 22.6 Å². The minimum atomic E-state index is 0.614. The standard InChI is InChI=1S/C10H10ClN3/c11-8-1-6-2-9(7-3-12-4-7)14-10(6)13-5-8/h1-2,5,7,12H,3-4H2,(H,13,14). The van der Waals surface area contributed by atoms with E-state index in [1.165, 1.54) is 5.69 Å². The van der Waals surface area contributed by atoms with Crippen LogP contribution >= 0.6 is 11.6 Å². The molecule has 3 nitrogen and oxygen atoms in total. The predicted molar refractivity (Wildman–Crippen MR) is 56.7 cm³/mol. The minimum Gasteiger partial charge on any atom is -0.343 e. The number of nitrogens with one attached hydrogen (secondary N) is 2. The highest BCUT2D eigenvalue weighted by Gasteiger charge is 2.20. The fourth-order valence-corrected chi connectivity index (χ4v) is 1.90. The summed E-state index contributed by atoms with van der Waals surface area (Å²) >= 11 is 5.87. The zero-order chi connectivity index (χ0) is 9.54. The largest absolute Gasteiger partial charge is 0.343 e. The lowest BCUT2D eigenvalue weighted by Gasteiger charge is -2.25. The van der Waals surface area contributed by atoms with Crippen molar-refractivity contribution in [3.8, 4) is 0 Å². The molecule has 1 fully saturated rings. The van der Waals surface area contributed by atoms with Gasteiger partial charge in [-0.05, 0) is 12.1 Å². The smallest absolute Gasteiger partial charge is 0.137 e. The molecule has 0 atom stereocenters. The average molecular weight is 208 g/mol. The number of aromatic amines is 1. The van der Waals surface area contributed by atoms with Crippen LogP contribution in [0.15, 0.2) is 18.3 Å². The Balaban J connectivity index is 2.10. The summed E-state index contributed by atoms with van der Waals surface area (Å²) < 4.78 is 0. The van der Waals surface area contributed by atoms with Crippen LogP contribution < -0.4 is 5.32 Å². The molecule has 72 valence electrons. The highest BCUT2D eigenvalue weighted by Crippen LogP contribution is 2.24. The third-order valence-corrected chi connectivity index (χ3v) is 2.89. The Hall–Kier alpha value is -1.06. The second-order valence-electron chi connectivity index (χ2n) is 3.67. The molecule has 2 N–H and O–H groups in total. The van der Waals surface area contributed by atoms with Gasteiger partial charge in [-0.3, -0.25) is 0 Å². The first-order valence-corrected chi connectivity index (χ1v) is 5.05. The number of fused-ring (bicyclic) bond motifs is 1. The number of aromatic nitrogens is 2. The van der Waals surface area contributed by atoms with Crippen LogP contribution in [-0.2, 0) is 0 Å². The van der Waals surface area contributed by atoms with Crippen molar-refractivity contribution in [3.63, 3.8) is 0 Å². The first-order chi connectivity index (χ1) is 6.83. The summed E-state index contributed by atoms with van der Waals surface area (Å²) in [5.41, 5.74) is 2.19. The van der Waals surface area contributed by atoms with E-state index in [9.17, 15) is 0 Å². The molecule has 3 rings (SSSR count). The summed E-state index contributed by atoms with van der Waals surface area (Å²) in [6.07, 6.45) is 1.67. The van der Waals surface area contributed by atoms with E-state index in [0.717, 1.165) is 24.1 Å². The van der Waals surface area contributed by atoms with Gasteiger partial charge in [0.25, 0.3) is 0 Å². The summed E-state index contributed by atoms with van der Waals surface area (Å²) in [5, 5.41) is 5.04. The lowest BCUT2D eigenvalue weighted by Crippen LogP contribution is -2.40. The number of halogens is 1. The van der Waals surface area contributed by atoms with Crippen LogP contribution in [0.1, 0.15) is 11.6 Å². The Morgan fingerprint density at radius 1 is 1.36 bits per heavy atom. The molecule has 1 saturated heterocycles. The highest BCUT2D eigenvalue weighted by atomic mass is 35.5. The van der Waals surface area contributed by atoms with Crippen LogP contribution in [-0.4, -0.2) is 23.1 Å². The van der Waals surface area contributed by atoms with Gasteiger partial charge in [0.15, 0.2) is 0 Å². The zero-order valence-electron chi connectivity index (χ0n) is 7.55. The van der Waals surface area contributed by atoms with E-state index in [2.05, 4.69) is 21.4 Å². The minimum absolute atomic E-state index is 0.614. The second-order valence-corrected chi connectivity index (χ2v) is 4.11. The molecule has 0 aliphatic carbocycles. The van der Waals surface area contributed by atoms with Crippen LogP contribution in [0.3, 0.4) is 0 Å². The summed E-state index contributed by atoms with van der Waals surface area (Å²) in [6, 6.07) is 4.08. The first kappa shape index (κ1) is 8.26. The van der Waals surface area contributed by atoms with Gasteiger partial charge in [-0.25, -0.2) is 4.98 Å². The summed E-state index contributed by atoms with van der Waals surface area (Å²) in [5.74, 6) is 0.614.